The van der Waals surface area contributed by atoms with Crippen molar-refractivity contribution in [1.82, 2.24) is 4.31 Å². The molecule has 5 rings (SSSR count). The van der Waals surface area contributed by atoms with Crippen molar-refractivity contribution < 1.29 is 39.2 Å². The lowest BCUT2D eigenvalue weighted by molar-refractivity contribution is -0.249. The zero-order valence-electron chi connectivity index (χ0n) is 19.7. The number of benzene rings is 2. The third kappa shape index (κ3) is 4.81. The van der Waals surface area contributed by atoms with Gasteiger partial charge in [0.15, 0.2) is 5.82 Å². The number of alkyl halides is 5. The molecule has 2 heterocycles. The van der Waals surface area contributed by atoms with E-state index in [0.29, 0.717) is 30.9 Å². The van der Waals surface area contributed by atoms with Crippen molar-refractivity contribution >= 4 is 27.0 Å². The molecule has 2 aliphatic heterocycles. The molecule has 1 unspecified atom stereocenters. The van der Waals surface area contributed by atoms with Crippen LogP contribution in [0, 0.1) is 11.6 Å². The predicted octanol–water partition coefficient (Wildman–Crippen LogP) is 6.05. The fourth-order valence-electron chi connectivity index (χ4n) is 4.68. The highest BCUT2D eigenvalue weighted by molar-refractivity contribution is 7.90. The van der Waals surface area contributed by atoms with Gasteiger partial charge in [0.25, 0.3) is 0 Å². The Morgan fingerprint density at radius 2 is 1.71 bits per heavy atom. The van der Waals surface area contributed by atoms with Crippen molar-refractivity contribution in [3.05, 3.63) is 71.3 Å². The molecule has 1 aliphatic carbocycles. The van der Waals surface area contributed by atoms with Crippen LogP contribution >= 0.6 is 0 Å². The summed E-state index contributed by atoms with van der Waals surface area (Å²) < 4.78 is 122. The fraction of sp³-hybridized carbons (Fsp3) is 0.400. The fourth-order valence-corrected chi connectivity index (χ4v) is 6.46. The lowest BCUT2D eigenvalue weighted by Crippen LogP contribution is -2.43. The lowest BCUT2D eigenvalue weighted by Gasteiger charge is -2.27. The van der Waals surface area contributed by atoms with Gasteiger partial charge in [-0.15, -0.1) is 0 Å². The molecule has 2 aromatic carbocycles. The molecular formula is C25H22F7N3O2S. The van der Waals surface area contributed by atoms with E-state index in [9.17, 15) is 39.2 Å². The van der Waals surface area contributed by atoms with Crippen LogP contribution in [-0.4, -0.2) is 48.9 Å². The van der Waals surface area contributed by atoms with Crippen LogP contribution in [0.1, 0.15) is 42.9 Å². The molecule has 2 aromatic rings. The lowest BCUT2D eigenvalue weighted by atomic mass is 9.93. The number of hydrogen-bond acceptors (Lipinski definition) is 4. The molecule has 1 fully saturated rings. The molecule has 38 heavy (non-hydrogen) atoms. The van der Waals surface area contributed by atoms with Gasteiger partial charge in [-0.1, -0.05) is 24.3 Å². The van der Waals surface area contributed by atoms with Gasteiger partial charge in [-0.05, 0) is 54.2 Å². The van der Waals surface area contributed by atoms with Crippen molar-refractivity contribution in [3.8, 4) is 0 Å². The summed E-state index contributed by atoms with van der Waals surface area (Å²) in [4.78, 5) is 0. The summed E-state index contributed by atoms with van der Waals surface area (Å²) in [6, 6.07) is 7.43. The Balaban J connectivity index is 1.47. The second kappa shape index (κ2) is 9.37. The van der Waals surface area contributed by atoms with Crippen molar-refractivity contribution in [3.63, 3.8) is 0 Å². The molecule has 1 atom stereocenters. The standard InChI is InChI=1S/C25H22F7N3O2S/c26-18-4-7-21(20(27)13-18)35-22(14-23(33-35)24(28,29)25(30,31)32)17-3-1-2-16(12-17)15-8-10-34(11-9-15)38(36,37)19-5-6-19/h1-4,7-8,12-13,19,22H,5-6,9-11,14H2. The van der Waals surface area contributed by atoms with E-state index < -0.39 is 57.6 Å². The van der Waals surface area contributed by atoms with Gasteiger partial charge in [0.05, 0.1) is 17.0 Å². The molecule has 0 spiro atoms. The van der Waals surface area contributed by atoms with E-state index in [1.54, 1.807) is 24.3 Å². The average molecular weight is 562 g/mol. The number of nitrogens with zero attached hydrogens (tertiary/aromatic N) is 3. The molecule has 0 radical (unpaired) electrons. The zero-order chi connectivity index (χ0) is 27.5. The van der Waals surface area contributed by atoms with Gasteiger partial charge in [-0.2, -0.15) is 31.4 Å². The van der Waals surface area contributed by atoms with Crippen LogP contribution in [0.3, 0.4) is 0 Å². The number of halogens is 7. The van der Waals surface area contributed by atoms with E-state index in [2.05, 4.69) is 5.10 Å². The van der Waals surface area contributed by atoms with E-state index in [0.717, 1.165) is 22.7 Å². The molecule has 0 bridgehead atoms. The molecule has 5 nitrogen and oxygen atoms in total. The van der Waals surface area contributed by atoms with Crippen LogP contribution in [-0.2, 0) is 10.0 Å². The van der Waals surface area contributed by atoms with Crippen molar-refractivity contribution in [2.24, 2.45) is 5.10 Å². The quantitative estimate of drug-likeness (QED) is 0.404. The maximum Gasteiger partial charge on any atom is 0.459 e. The first-order valence-corrected chi connectivity index (χ1v) is 13.3. The van der Waals surface area contributed by atoms with E-state index in [1.807, 2.05) is 0 Å². The molecule has 1 saturated carbocycles. The minimum atomic E-state index is -5.91. The normalized spacial score (nSPS) is 21.4. The van der Waals surface area contributed by atoms with Gasteiger partial charge in [0, 0.05) is 25.6 Å². The van der Waals surface area contributed by atoms with Crippen LogP contribution in [0.5, 0.6) is 0 Å². The maximum atomic E-state index is 14.6. The minimum absolute atomic E-state index is 0.166. The van der Waals surface area contributed by atoms with Gasteiger partial charge in [-0.25, -0.2) is 17.2 Å². The van der Waals surface area contributed by atoms with Gasteiger partial charge in [0.1, 0.15) is 11.5 Å². The summed E-state index contributed by atoms with van der Waals surface area (Å²) in [7, 11) is -3.35. The molecule has 3 aliphatic rings. The topological polar surface area (TPSA) is 53.0 Å². The molecule has 0 saturated heterocycles. The van der Waals surface area contributed by atoms with Crippen molar-refractivity contribution in [2.45, 2.75) is 49.1 Å². The monoisotopic (exact) mass is 561 g/mol. The number of anilines is 1. The smallest absolute Gasteiger partial charge is 0.255 e. The highest BCUT2D eigenvalue weighted by Gasteiger charge is 2.63. The third-order valence-electron chi connectivity index (χ3n) is 6.90. The number of sulfonamides is 1. The average Bonchev–Trinajstić information content (AvgIpc) is 3.63. The Bertz CT molecular complexity index is 1420. The summed E-state index contributed by atoms with van der Waals surface area (Å²) in [6.07, 6.45) is -3.35. The molecule has 13 heteroatoms. The van der Waals surface area contributed by atoms with Crippen LogP contribution in [0.15, 0.2) is 53.6 Å². The molecular weight excluding hydrogens is 539 g/mol. The highest BCUT2D eigenvalue weighted by Crippen LogP contribution is 2.45. The van der Waals surface area contributed by atoms with E-state index >= 15 is 0 Å². The first kappa shape index (κ1) is 26.7. The minimum Gasteiger partial charge on any atom is -0.255 e. The van der Waals surface area contributed by atoms with Gasteiger partial charge in [-0.3, -0.25) is 5.01 Å². The Kier molecular flexibility index (Phi) is 6.57. The maximum absolute atomic E-state index is 14.6. The van der Waals surface area contributed by atoms with Gasteiger partial charge in [0.2, 0.25) is 10.0 Å². The molecule has 204 valence electrons. The summed E-state index contributed by atoms with van der Waals surface area (Å²) in [5, 5.41) is 3.86. The van der Waals surface area contributed by atoms with Gasteiger partial charge < -0.3 is 0 Å². The Morgan fingerprint density at radius 3 is 2.32 bits per heavy atom. The molecule has 0 aromatic heterocycles. The zero-order valence-corrected chi connectivity index (χ0v) is 20.5. The van der Waals surface area contributed by atoms with Gasteiger partial charge >= 0.3 is 12.1 Å². The van der Waals surface area contributed by atoms with E-state index in [1.165, 1.54) is 10.4 Å². The number of rotatable bonds is 6. The Morgan fingerprint density at radius 1 is 0.974 bits per heavy atom. The molecule has 0 amide bonds. The largest absolute Gasteiger partial charge is 0.459 e. The van der Waals surface area contributed by atoms with E-state index in [-0.39, 0.29) is 23.9 Å². The summed E-state index contributed by atoms with van der Waals surface area (Å²) in [5.41, 5.74) is -0.235. The SMILES string of the molecule is O=S(=O)(C1CC1)N1CC=C(c2cccc(C3CC(C(F)(F)C(F)(F)F)=NN3c3ccc(F)cc3F)c2)CC1. The second-order valence-corrected chi connectivity index (χ2v) is 11.7. The first-order valence-electron chi connectivity index (χ1n) is 11.8. The first-order chi connectivity index (χ1) is 17.8. The Hall–Kier alpha value is -2.93. The summed E-state index contributed by atoms with van der Waals surface area (Å²) >= 11 is 0. The number of hydrogen-bond donors (Lipinski definition) is 0. The molecule has 0 N–H and O–H groups in total. The second-order valence-electron chi connectivity index (χ2n) is 9.49. The number of hydrazone groups is 1. The van der Waals surface area contributed by atoms with E-state index in [4.69, 9.17) is 0 Å². The van der Waals surface area contributed by atoms with Crippen molar-refractivity contribution in [1.29, 1.82) is 0 Å². The predicted molar refractivity (Wildman–Crippen MR) is 127 cm³/mol. The van der Waals surface area contributed by atoms with Crippen LogP contribution in [0.2, 0.25) is 0 Å². The Labute approximate surface area is 214 Å². The van der Waals surface area contributed by atoms with Crippen molar-refractivity contribution in [2.75, 3.05) is 18.1 Å². The highest BCUT2D eigenvalue weighted by atomic mass is 32.2. The summed E-state index contributed by atoms with van der Waals surface area (Å²) in [5.74, 6) is -7.37. The van der Waals surface area contributed by atoms with Crippen LogP contribution in [0.25, 0.3) is 5.57 Å². The third-order valence-corrected chi connectivity index (χ3v) is 9.27. The van der Waals surface area contributed by atoms with Crippen LogP contribution < -0.4 is 5.01 Å². The summed E-state index contributed by atoms with van der Waals surface area (Å²) in [6.45, 7) is 0.427. The van der Waals surface area contributed by atoms with Crippen LogP contribution in [0.4, 0.5) is 36.4 Å².